The van der Waals surface area contributed by atoms with Gasteiger partial charge in [0.05, 0.1) is 0 Å². The van der Waals surface area contributed by atoms with Crippen molar-refractivity contribution in [3.05, 3.63) is 12.7 Å². The number of nitrogens with one attached hydrogen (secondary N) is 1. The molecule has 1 heterocycles. The Balaban J connectivity index is 0.000000249. The van der Waals surface area contributed by atoms with E-state index in [9.17, 15) is 4.79 Å². The number of hydrogen-bond donors (Lipinski definition) is 2. The molecule has 0 aromatic rings. The van der Waals surface area contributed by atoms with Crippen LogP contribution in [0.25, 0.3) is 0 Å². The average molecular weight is 200 g/mol. The summed E-state index contributed by atoms with van der Waals surface area (Å²) in [5, 5.41) is 3.28. The summed E-state index contributed by atoms with van der Waals surface area (Å²) in [6.07, 6.45) is 4.75. The number of rotatable bonds is 2. The van der Waals surface area contributed by atoms with Crippen molar-refractivity contribution in [2.45, 2.75) is 32.4 Å². The molecule has 4 nitrogen and oxygen atoms in total. The van der Waals surface area contributed by atoms with E-state index in [1.807, 2.05) is 0 Å². The Kier molecular flexibility index (Phi) is 8.17. The normalized spacial score (nSPS) is 17.3. The second-order valence-electron chi connectivity index (χ2n) is 3.16. The van der Waals surface area contributed by atoms with Crippen molar-refractivity contribution in [3.63, 3.8) is 0 Å². The Morgan fingerprint density at radius 2 is 2.07 bits per heavy atom. The lowest BCUT2D eigenvalue weighted by Gasteiger charge is -2.08. The molecule has 1 saturated heterocycles. The Labute approximate surface area is 85.5 Å². The molecule has 0 amide bonds. The van der Waals surface area contributed by atoms with Gasteiger partial charge in [-0.15, -0.1) is 0 Å². The fourth-order valence-electron chi connectivity index (χ4n) is 1.03. The molecule has 1 rings (SSSR count). The first-order valence-electron chi connectivity index (χ1n) is 4.96. The zero-order valence-corrected chi connectivity index (χ0v) is 8.79. The second-order valence-corrected chi connectivity index (χ2v) is 3.16. The fourth-order valence-corrected chi connectivity index (χ4v) is 1.03. The van der Waals surface area contributed by atoms with Crippen molar-refractivity contribution in [2.24, 2.45) is 5.73 Å². The molecule has 0 aliphatic carbocycles. The van der Waals surface area contributed by atoms with Crippen LogP contribution < -0.4 is 11.1 Å². The van der Waals surface area contributed by atoms with Gasteiger partial charge >= 0.3 is 5.97 Å². The van der Waals surface area contributed by atoms with E-state index >= 15 is 0 Å². The third-order valence-corrected chi connectivity index (χ3v) is 1.68. The Morgan fingerprint density at radius 1 is 1.50 bits per heavy atom. The van der Waals surface area contributed by atoms with Gasteiger partial charge in [0.2, 0.25) is 0 Å². The third kappa shape index (κ3) is 9.22. The summed E-state index contributed by atoms with van der Waals surface area (Å²) in [6.45, 7) is 7.25. The van der Waals surface area contributed by atoms with Crippen LogP contribution in [0, 0.1) is 0 Å². The minimum atomic E-state index is -0.541. The predicted molar refractivity (Wildman–Crippen MR) is 56.7 cm³/mol. The topological polar surface area (TPSA) is 64.3 Å². The van der Waals surface area contributed by atoms with Crippen LogP contribution in [-0.4, -0.2) is 25.3 Å². The van der Waals surface area contributed by atoms with Crippen LogP contribution in [0.2, 0.25) is 0 Å². The molecule has 0 bridgehead atoms. The minimum absolute atomic E-state index is 0.486. The summed E-state index contributed by atoms with van der Waals surface area (Å²) >= 11 is 0. The van der Waals surface area contributed by atoms with Gasteiger partial charge in [0.1, 0.15) is 6.23 Å². The summed E-state index contributed by atoms with van der Waals surface area (Å²) in [6, 6.07) is 0. The molecule has 0 aromatic heterocycles. The SMILES string of the molecule is C1CCNCC1.C=CC(=O)OC(C)N. The molecule has 4 heteroatoms. The lowest BCUT2D eigenvalue weighted by Crippen LogP contribution is -2.21. The Morgan fingerprint density at radius 3 is 2.21 bits per heavy atom. The predicted octanol–water partition coefficient (Wildman–Crippen LogP) is 0.780. The maximum absolute atomic E-state index is 10.2. The molecule has 3 N–H and O–H groups in total. The molecule has 1 unspecified atom stereocenters. The van der Waals surface area contributed by atoms with Gasteiger partial charge < -0.3 is 10.1 Å². The first-order valence-corrected chi connectivity index (χ1v) is 4.96. The molecule has 1 fully saturated rings. The van der Waals surface area contributed by atoms with Crippen LogP contribution >= 0.6 is 0 Å². The van der Waals surface area contributed by atoms with E-state index in [1.165, 1.54) is 32.4 Å². The average Bonchev–Trinajstić information content (AvgIpc) is 2.20. The van der Waals surface area contributed by atoms with Crippen molar-refractivity contribution in [1.29, 1.82) is 0 Å². The highest BCUT2D eigenvalue weighted by atomic mass is 16.5. The summed E-state index contributed by atoms with van der Waals surface area (Å²) < 4.78 is 4.42. The second kappa shape index (κ2) is 8.72. The molecule has 0 saturated carbocycles. The quantitative estimate of drug-likeness (QED) is 0.393. The number of hydrogen-bond acceptors (Lipinski definition) is 4. The molecule has 82 valence electrons. The van der Waals surface area contributed by atoms with Crippen LogP contribution in [0.15, 0.2) is 12.7 Å². The number of piperidine rings is 1. The lowest BCUT2D eigenvalue weighted by atomic mass is 10.2. The lowest BCUT2D eigenvalue weighted by molar-refractivity contribution is -0.141. The van der Waals surface area contributed by atoms with Gasteiger partial charge in [-0.05, 0) is 32.9 Å². The molecule has 1 atom stereocenters. The van der Waals surface area contributed by atoms with Gasteiger partial charge in [0.25, 0.3) is 0 Å². The maximum atomic E-state index is 10.2. The van der Waals surface area contributed by atoms with E-state index in [0.29, 0.717) is 0 Å². The standard InChI is InChI=1S/C5H9NO2.C5H11N/c1-3-5(7)8-4(2)6;1-2-4-6-5-3-1/h3-4H,1,6H2,2H3;6H,1-5H2. The van der Waals surface area contributed by atoms with Crippen LogP contribution in [0.3, 0.4) is 0 Å². The highest BCUT2D eigenvalue weighted by Gasteiger charge is 1.96. The van der Waals surface area contributed by atoms with Gasteiger partial charge in [0, 0.05) is 6.08 Å². The Bertz CT molecular complexity index is 154. The van der Waals surface area contributed by atoms with E-state index < -0.39 is 12.2 Å². The van der Waals surface area contributed by atoms with Crippen LogP contribution in [0.1, 0.15) is 26.2 Å². The molecule has 1 aliphatic rings. The van der Waals surface area contributed by atoms with Gasteiger partial charge in [-0.3, -0.25) is 5.73 Å². The van der Waals surface area contributed by atoms with Crippen LogP contribution in [0.4, 0.5) is 0 Å². The van der Waals surface area contributed by atoms with E-state index in [-0.39, 0.29) is 0 Å². The number of ether oxygens (including phenoxy) is 1. The zero-order valence-electron chi connectivity index (χ0n) is 8.79. The highest BCUT2D eigenvalue weighted by molar-refractivity contribution is 5.81. The largest absolute Gasteiger partial charge is 0.444 e. The zero-order chi connectivity index (χ0) is 10.8. The monoisotopic (exact) mass is 200 g/mol. The summed E-state index contributed by atoms with van der Waals surface area (Å²) in [4.78, 5) is 10.2. The van der Waals surface area contributed by atoms with Crippen LogP contribution in [0.5, 0.6) is 0 Å². The van der Waals surface area contributed by atoms with Gasteiger partial charge in [0.15, 0.2) is 0 Å². The third-order valence-electron chi connectivity index (χ3n) is 1.68. The highest BCUT2D eigenvalue weighted by Crippen LogP contribution is 1.96. The van der Waals surface area contributed by atoms with Crippen molar-refractivity contribution in [3.8, 4) is 0 Å². The summed E-state index contributed by atoms with van der Waals surface area (Å²) in [7, 11) is 0. The van der Waals surface area contributed by atoms with E-state index in [4.69, 9.17) is 5.73 Å². The number of esters is 1. The number of nitrogens with two attached hydrogens (primary N) is 1. The van der Waals surface area contributed by atoms with Gasteiger partial charge in [-0.1, -0.05) is 13.0 Å². The first kappa shape index (κ1) is 13.1. The molecule has 14 heavy (non-hydrogen) atoms. The Hall–Kier alpha value is -0.870. The van der Waals surface area contributed by atoms with Crippen molar-refractivity contribution >= 4 is 5.97 Å². The summed E-state index contributed by atoms with van der Waals surface area (Å²) in [5.74, 6) is -0.486. The summed E-state index contributed by atoms with van der Waals surface area (Å²) in [5.41, 5.74) is 5.08. The van der Waals surface area contributed by atoms with Crippen LogP contribution in [-0.2, 0) is 9.53 Å². The molecule has 0 radical (unpaired) electrons. The van der Waals surface area contributed by atoms with E-state index in [2.05, 4.69) is 16.6 Å². The smallest absolute Gasteiger partial charge is 0.331 e. The first-order chi connectivity index (χ1) is 6.66. The van der Waals surface area contributed by atoms with Gasteiger partial charge in [-0.2, -0.15) is 0 Å². The molecule has 0 aromatic carbocycles. The minimum Gasteiger partial charge on any atom is -0.444 e. The molecular weight excluding hydrogens is 180 g/mol. The maximum Gasteiger partial charge on any atom is 0.331 e. The molecule has 0 spiro atoms. The van der Waals surface area contributed by atoms with Crippen molar-refractivity contribution in [2.75, 3.05) is 13.1 Å². The van der Waals surface area contributed by atoms with E-state index in [1.54, 1.807) is 6.92 Å². The number of carbonyl (C=O) groups is 1. The van der Waals surface area contributed by atoms with E-state index in [0.717, 1.165) is 6.08 Å². The fraction of sp³-hybridized carbons (Fsp3) is 0.700. The van der Waals surface area contributed by atoms with Crippen molar-refractivity contribution in [1.82, 2.24) is 5.32 Å². The molecular formula is C10H20N2O2. The van der Waals surface area contributed by atoms with Crippen molar-refractivity contribution < 1.29 is 9.53 Å². The van der Waals surface area contributed by atoms with Gasteiger partial charge in [-0.25, -0.2) is 4.79 Å². The number of carbonyl (C=O) groups excluding carboxylic acids is 1. The molecule has 1 aliphatic heterocycles.